The van der Waals surface area contributed by atoms with Gasteiger partial charge < -0.3 is 14.8 Å². The van der Waals surface area contributed by atoms with E-state index in [1.54, 1.807) is 0 Å². The summed E-state index contributed by atoms with van der Waals surface area (Å²) in [5.74, 6) is 1.84. The minimum atomic E-state index is 0.342. The van der Waals surface area contributed by atoms with Crippen LogP contribution >= 0.6 is 0 Å². The molecule has 3 heteroatoms. The fourth-order valence-corrected chi connectivity index (χ4v) is 2.89. The zero-order valence-corrected chi connectivity index (χ0v) is 13.5. The molecule has 0 atom stereocenters. The molecule has 0 bridgehead atoms. The highest BCUT2D eigenvalue weighted by atomic mass is 16.5. The van der Waals surface area contributed by atoms with E-state index >= 15 is 0 Å². The van der Waals surface area contributed by atoms with Gasteiger partial charge in [0.25, 0.3) is 0 Å². The Kier molecular flexibility index (Phi) is 6.87. The molecule has 2 rings (SSSR count). The topological polar surface area (TPSA) is 30.5 Å². The molecule has 21 heavy (non-hydrogen) atoms. The lowest BCUT2D eigenvalue weighted by Gasteiger charge is -2.22. The highest BCUT2D eigenvalue weighted by Gasteiger charge is 2.18. The van der Waals surface area contributed by atoms with Crippen LogP contribution in [-0.2, 0) is 6.54 Å². The molecule has 0 aromatic heterocycles. The molecule has 1 aliphatic carbocycles. The van der Waals surface area contributed by atoms with Gasteiger partial charge in [-0.25, -0.2) is 0 Å². The Bertz CT molecular complexity index is 412. The van der Waals surface area contributed by atoms with E-state index in [4.69, 9.17) is 9.47 Å². The van der Waals surface area contributed by atoms with E-state index in [1.807, 2.05) is 13.0 Å². The third-order valence-corrected chi connectivity index (χ3v) is 4.01. The second-order valence-electron chi connectivity index (χ2n) is 5.69. The quantitative estimate of drug-likeness (QED) is 0.760. The summed E-state index contributed by atoms with van der Waals surface area (Å²) in [5.41, 5.74) is 1.20. The van der Waals surface area contributed by atoms with Gasteiger partial charge in [0.05, 0.1) is 12.7 Å². The Balaban J connectivity index is 2.15. The minimum Gasteiger partial charge on any atom is -0.490 e. The van der Waals surface area contributed by atoms with Crippen LogP contribution in [0.1, 0.15) is 57.9 Å². The van der Waals surface area contributed by atoms with Crippen LogP contribution in [0.2, 0.25) is 0 Å². The first-order valence-corrected chi connectivity index (χ1v) is 8.47. The van der Waals surface area contributed by atoms with Crippen LogP contribution in [0.25, 0.3) is 0 Å². The van der Waals surface area contributed by atoms with Crippen molar-refractivity contribution < 1.29 is 9.47 Å². The molecule has 118 valence electrons. The van der Waals surface area contributed by atoms with E-state index in [0.717, 1.165) is 24.6 Å². The van der Waals surface area contributed by atoms with E-state index in [2.05, 4.69) is 24.4 Å². The van der Waals surface area contributed by atoms with Gasteiger partial charge in [0, 0.05) is 12.1 Å². The summed E-state index contributed by atoms with van der Waals surface area (Å²) in [7, 11) is 0. The van der Waals surface area contributed by atoms with Crippen molar-refractivity contribution in [2.45, 2.75) is 65.0 Å². The Hall–Kier alpha value is -1.22. The fourth-order valence-electron chi connectivity index (χ4n) is 2.89. The summed E-state index contributed by atoms with van der Waals surface area (Å²) in [6, 6.07) is 6.21. The van der Waals surface area contributed by atoms with Gasteiger partial charge in [0.1, 0.15) is 0 Å². The Morgan fingerprint density at radius 3 is 2.52 bits per heavy atom. The number of ether oxygens (including phenoxy) is 2. The fraction of sp³-hybridized carbons (Fsp3) is 0.667. The molecule has 0 spiro atoms. The highest BCUT2D eigenvalue weighted by Crippen LogP contribution is 2.34. The van der Waals surface area contributed by atoms with Crippen molar-refractivity contribution in [2.24, 2.45) is 0 Å². The summed E-state index contributed by atoms with van der Waals surface area (Å²) < 4.78 is 12.2. The molecule has 0 unspecified atom stereocenters. The molecule has 0 heterocycles. The van der Waals surface area contributed by atoms with Crippen LogP contribution < -0.4 is 14.8 Å². The summed E-state index contributed by atoms with van der Waals surface area (Å²) in [5, 5.41) is 3.39. The normalized spacial score (nSPS) is 16.5. The van der Waals surface area contributed by atoms with Gasteiger partial charge >= 0.3 is 0 Å². The van der Waals surface area contributed by atoms with Crippen LogP contribution in [0.15, 0.2) is 18.2 Å². The van der Waals surface area contributed by atoms with E-state index < -0.39 is 0 Å². The van der Waals surface area contributed by atoms with Gasteiger partial charge in [0.15, 0.2) is 11.5 Å². The lowest BCUT2D eigenvalue weighted by molar-refractivity contribution is 0.171. The molecule has 0 saturated heterocycles. The van der Waals surface area contributed by atoms with Gasteiger partial charge in [-0.05, 0) is 45.2 Å². The van der Waals surface area contributed by atoms with Gasteiger partial charge in [0.2, 0.25) is 0 Å². The Morgan fingerprint density at radius 1 is 1.10 bits per heavy atom. The maximum absolute atomic E-state index is 6.38. The monoisotopic (exact) mass is 291 g/mol. The number of benzene rings is 1. The van der Waals surface area contributed by atoms with Crippen molar-refractivity contribution in [3.05, 3.63) is 23.8 Å². The molecule has 3 nitrogen and oxygen atoms in total. The maximum Gasteiger partial charge on any atom is 0.166 e. The van der Waals surface area contributed by atoms with E-state index in [-0.39, 0.29) is 0 Å². The Labute approximate surface area is 129 Å². The van der Waals surface area contributed by atoms with Crippen molar-refractivity contribution in [2.75, 3.05) is 13.2 Å². The third kappa shape index (κ3) is 4.92. The van der Waals surface area contributed by atoms with Crippen molar-refractivity contribution in [3.8, 4) is 11.5 Å². The smallest absolute Gasteiger partial charge is 0.166 e. The molecule has 1 aliphatic rings. The summed E-state index contributed by atoms with van der Waals surface area (Å²) in [6.07, 6.45) is 7.93. The molecule has 1 aromatic rings. The summed E-state index contributed by atoms with van der Waals surface area (Å²) in [4.78, 5) is 0. The lowest BCUT2D eigenvalue weighted by atomic mass is 10.1. The van der Waals surface area contributed by atoms with Gasteiger partial charge in [-0.3, -0.25) is 0 Å². The van der Waals surface area contributed by atoms with Crippen LogP contribution in [0, 0.1) is 0 Å². The van der Waals surface area contributed by atoms with E-state index in [1.165, 1.54) is 44.1 Å². The predicted octanol–water partition coefficient (Wildman–Crippen LogP) is 4.30. The average Bonchev–Trinajstić information content (AvgIpc) is 2.76. The van der Waals surface area contributed by atoms with Crippen molar-refractivity contribution in [3.63, 3.8) is 0 Å². The molecular weight excluding hydrogens is 262 g/mol. The molecule has 0 aliphatic heterocycles. The Morgan fingerprint density at radius 2 is 1.86 bits per heavy atom. The first-order valence-electron chi connectivity index (χ1n) is 8.47. The van der Waals surface area contributed by atoms with Gasteiger partial charge in [-0.15, -0.1) is 0 Å². The molecule has 0 amide bonds. The number of rotatable bonds is 7. The molecule has 1 saturated carbocycles. The lowest BCUT2D eigenvalue weighted by Crippen LogP contribution is -2.19. The molecule has 1 aromatic carbocycles. The number of hydrogen-bond acceptors (Lipinski definition) is 3. The van der Waals surface area contributed by atoms with Crippen LogP contribution in [0.4, 0.5) is 0 Å². The van der Waals surface area contributed by atoms with E-state index in [0.29, 0.717) is 12.7 Å². The summed E-state index contributed by atoms with van der Waals surface area (Å²) in [6.45, 7) is 6.61. The second-order valence-corrected chi connectivity index (χ2v) is 5.69. The largest absolute Gasteiger partial charge is 0.490 e. The SMILES string of the molecule is CCNCc1cccc(OCC)c1OC1CCCCCC1. The van der Waals surface area contributed by atoms with Crippen LogP contribution in [0.3, 0.4) is 0 Å². The van der Waals surface area contributed by atoms with Gasteiger partial charge in [-0.2, -0.15) is 0 Å². The van der Waals surface area contributed by atoms with Crippen molar-refractivity contribution >= 4 is 0 Å². The molecular formula is C18H29NO2. The van der Waals surface area contributed by atoms with Crippen molar-refractivity contribution in [1.82, 2.24) is 5.32 Å². The second kappa shape index (κ2) is 8.93. The predicted molar refractivity (Wildman–Crippen MR) is 87.1 cm³/mol. The maximum atomic E-state index is 6.38. The average molecular weight is 291 g/mol. The van der Waals surface area contributed by atoms with Crippen LogP contribution in [0.5, 0.6) is 11.5 Å². The van der Waals surface area contributed by atoms with Gasteiger partial charge in [-0.1, -0.05) is 31.9 Å². The first kappa shape index (κ1) is 16.2. The van der Waals surface area contributed by atoms with Crippen molar-refractivity contribution in [1.29, 1.82) is 0 Å². The standard InChI is InChI=1S/C18H29NO2/c1-3-19-14-15-10-9-13-17(20-4-2)18(15)21-16-11-7-5-6-8-12-16/h9-10,13,16,19H,3-8,11-12,14H2,1-2H3. The molecule has 0 radical (unpaired) electrons. The summed E-state index contributed by atoms with van der Waals surface area (Å²) >= 11 is 0. The third-order valence-electron chi connectivity index (χ3n) is 4.01. The highest BCUT2D eigenvalue weighted by molar-refractivity contribution is 5.46. The minimum absolute atomic E-state index is 0.342. The number of hydrogen-bond donors (Lipinski definition) is 1. The molecule has 1 fully saturated rings. The number of nitrogens with one attached hydrogen (secondary N) is 1. The molecule has 1 N–H and O–H groups in total. The van der Waals surface area contributed by atoms with E-state index in [9.17, 15) is 0 Å². The zero-order valence-electron chi connectivity index (χ0n) is 13.5. The number of para-hydroxylation sites is 1. The zero-order chi connectivity index (χ0) is 14.9. The first-order chi connectivity index (χ1) is 10.3. The van der Waals surface area contributed by atoms with Crippen LogP contribution in [-0.4, -0.2) is 19.3 Å².